The molecule has 0 heterocycles. The van der Waals surface area contributed by atoms with Crippen molar-refractivity contribution in [3.8, 4) is 0 Å². The molecule has 0 atom stereocenters. The lowest BCUT2D eigenvalue weighted by molar-refractivity contribution is -0.632. The number of carbonyl (C=O) groups excluding carboxylic acids is 1. The SMILES string of the molecule is NC(=O)N(CCO)[N+](=O)[O-]. The number of aliphatic hydroxyl groups excluding tert-OH is 1. The van der Waals surface area contributed by atoms with Crippen LogP contribution in [-0.4, -0.2) is 34.3 Å². The van der Waals surface area contributed by atoms with Crippen LogP contribution in [0.5, 0.6) is 0 Å². The van der Waals surface area contributed by atoms with Crippen molar-refractivity contribution in [2.24, 2.45) is 5.73 Å². The zero-order valence-electron chi connectivity index (χ0n) is 5.06. The Balaban J connectivity index is 3.98. The molecule has 0 aliphatic rings. The summed E-state index contributed by atoms with van der Waals surface area (Å²) in [4.78, 5) is 20.0. The molecule has 7 nitrogen and oxygen atoms in total. The molecule has 0 aliphatic heterocycles. The molecular weight excluding hydrogens is 142 g/mol. The molecule has 0 aliphatic carbocycles. The first-order valence-electron chi connectivity index (χ1n) is 2.41. The van der Waals surface area contributed by atoms with Gasteiger partial charge in [-0.3, -0.25) is 0 Å². The number of carbonyl (C=O) groups is 1. The molecule has 0 aromatic rings. The summed E-state index contributed by atoms with van der Waals surface area (Å²) >= 11 is 0. The average molecular weight is 149 g/mol. The van der Waals surface area contributed by atoms with Crippen molar-refractivity contribution in [1.29, 1.82) is 0 Å². The maximum atomic E-state index is 10.1. The first-order chi connectivity index (χ1) is 4.59. The van der Waals surface area contributed by atoms with Crippen molar-refractivity contribution in [2.45, 2.75) is 0 Å². The molecule has 0 unspecified atom stereocenters. The molecular formula is C3H7N3O4. The highest BCUT2D eigenvalue weighted by molar-refractivity contribution is 5.70. The fourth-order valence-electron chi connectivity index (χ4n) is 0.367. The third kappa shape index (κ3) is 2.27. The van der Waals surface area contributed by atoms with E-state index in [2.05, 4.69) is 5.73 Å². The zero-order chi connectivity index (χ0) is 8.15. The number of nitrogens with two attached hydrogens (primary N) is 1. The highest BCUT2D eigenvalue weighted by atomic mass is 16.7. The van der Waals surface area contributed by atoms with Crippen LogP contribution in [0.15, 0.2) is 0 Å². The normalized spacial score (nSPS) is 8.90. The number of hydrogen-bond acceptors (Lipinski definition) is 4. The summed E-state index contributed by atoms with van der Waals surface area (Å²) in [5.74, 6) is 0. The molecule has 0 saturated heterocycles. The average Bonchev–Trinajstić information content (AvgIpc) is 1.81. The first-order valence-corrected chi connectivity index (χ1v) is 2.41. The maximum absolute atomic E-state index is 10.1. The van der Waals surface area contributed by atoms with Crippen molar-refractivity contribution in [3.05, 3.63) is 10.1 Å². The van der Waals surface area contributed by atoms with Gasteiger partial charge in [0, 0.05) is 0 Å². The third-order valence-corrected chi connectivity index (χ3v) is 0.763. The van der Waals surface area contributed by atoms with Gasteiger partial charge >= 0.3 is 6.03 Å². The molecule has 0 saturated carbocycles. The van der Waals surface area contributed by atoms with E-state index in [1.54, 1.807) is 0 Å². The van der Waals surface area contributed by atoms with Crippen LogP contribution in [0.3, 0.4) is 0 Å². The van der Waals surface area contributed by atoms with Crippen LogP contribution in [0.25, 0.3) is 0 Å². The predicted molar refractivity (Wildman–Crippen MR) is 30.4 cm³/mol. The fourth-order valence-corrected chi connectivity index (χ4v) is 0.367. The highest BCUT2D eigenvalue weighted by Gasteiger charge is 2.19. The van der Waals surface area contributed by atoms with Crippen LogP contribution >= 0.6 is 0 Å². The van der Waals surface area contributed by atoms with E-state index >= 15 is 0 Å². The fraction of sp³-hybridized carbons (Fsp3) is 0.667. The number of hydrazine groups is 1. The minimum Gasteiger partial charge on any atom is -0.394 e. The smallest absolute Gasteiger partial charge is 0.372 e. The Hall–Kier alpha value is -1.37. The third-order valence-electron chi connectivity index (χ3n) is 0.763. The van der Waals surface area contributed by atoms with Gasteiger partial charge in [-0.2, -0.15) is 0 Å². The lowest BCUT2D eigenvalue weighted by atomic mass is 10.7. The van der Waals surface area contributed by atoms with Gasteiger partial charge in [-0.05, 0) is 5.01 Å². The van der Waals surface area contributed by atoms with Crippen molar-refractivity contribution in [1.82, 2.24) is 5.01 Å². The van der Waals surface area contributed by atoms with E-state index < -0.39 is 17.7 Å². The van der Waals surface area contributed by atoms with Crippen LogP contribution in [0.2, 0.25) is 0 Å². The molecule has 0 rings (SSSR count). The molecule has 0 aromatic carbocycles. The van der Waals surface area contributed by atoms with Gasteiger partial charge in [0.05, 0.1) is 6.61 Å². The van der Waals surface area contributed by atoms with Crippen molar-refractivity contribution < 1.29 is 14.9 Å². The van der Waals surface area contributed by atoms with Gasteiger partial charge in [0.2, 0.25) is 0 Å². The second-order valence-corrected chi connectivity index (χ2v) is 1.42. The number of aliphatic hydroxyl groups is 1. The van der Waals surface area contributed by atoms with Crippen molar-refractivity contribution in [3.63, 3.8) is 0 Å². The predicted octanol–water partition coefficient (Wildman–Crippen LogP) is -1.45. The summed E-state index contributed by atoms with van der Waals surface area (Å²) in [6, 6.07) is -1.18. The summed E-state index contributed by atoms with van der Waals surface area (Å²) in [5, 5.41) is 17.2. The van der Waals surface area contributed by atoms with Gasteiger partial charge in [-0.25, -0.2) is 14.9 Å². The molecule has 0 spiro atoms. The second-order valence-electron chi connectivity index (χ2n) is 1.42. The molecule has 0 aromatic heterocycles. The summed E-state index contributed by atoms with van der Waals surface area (Å²) < 4.78 is 0. The molecule has 0 bridgehead atoms. The van der Waals surface area contributed by atoms with Crippen LogP contribution < -0.4 is 5.73 Å². The van der Waals surface area contributed by atoms with Gasteiger partial charge < -0.3 is 10.8 Å². The Morgan fingerprint density at radius 3 is 2.40 bits per heavy atom. The number of hydrogen-bond donors (Lipinski definition) is 2. The van der Waals surface area contributed by atoms with Gasteiger partial charge in [0.15, 0.2) is 5.03 Å². The van der Waals surface area contributed by atoms with E-state index in [0.29, 0.717) is 0 Å². The lowest BCUT2D eigenvalue weighted by Crippen LogP contribution is -2.41. The Labute approximate surface area is 56.1 Å². The van der Waals surface area contributed by atoms with Crippen LogP contribution in [0, 0.1) is 10.1 Å². The van der Waals surface area contributed by atoms with E-state index in [4.69, 9.17) is 5.11 Å². The monoisotopic (exact) mass is 149 g/mol. The van der Waals surface area contributed by atoms with Crippen molar-refractivity contribution >= 4 is 6.03 Å². The molecule has 58 valence electrons. The molecule has 0 fully saturated rings. The number of amides is 2. The Morgan fingerprint density at radius 1 is 1.80 bits per heavy atom. The van der Waals surface area contributed by atoms with E-state index in [-0.39, 0.29) is 11.6 Å². The van der Waals surface area contributed by atoms with E-state index in [9.17, 15) is 14.9 Å². The van der Waals surface area contributed by atoms with Gasteiger partial charge in [0.25, 0.3) is 0 Å². The molecule has 0 radical (unpaired) electrons. The Bertz CT molecular complexity index is 133. The van der Waals surface area contributed by atoms with E-state index in [1.807, 2.05) is 0 Å². The number of urea groups is 1. The molecule has 10 heavy (non-hydrogen) atoms. The number of nitro groups is 1. The molecule has 7 heteroatoms. The maximum Gasteiger partial charge on any atom is 0.372 e. The Morgan fingerprint density at radius 2 is 2.30 bits per heavy atom. The van der Waals surface area contributed by atoms with Gasteiger partial charge in [0.1, 0.15) is 6.54 Å². The molecule has 3 N–H and O–H groups in total. The summed E-state index contributed by atoms with van der Waals surface area (Å²) in [6.07, 6.45) is 0. The lowest BCUT2D eigenvalue weighted by Gasteiger charge is -2.05. The highest BCUT2D eigenvalue weighted by Crippen LogP contribution is 1.85. The van der Waals surface area contributed by atoms with Crippen LogP contribution in [0.1, 0.15) is 0 Å². The second kappa shape index (κ2) is 3.62. The number of nitrogens with zero attached hydrogens (tertiary/aromatic N) is 2. The minimum absolute atomic E-state index is 0.125. The minimum atomic E-state index is -1.18. The van der Waals surface area contributed by atoms with Gasteiger partial charge in [-0.1, -0.05) is 0 Å². The largest absolute Gasteiger partial charge is 0.394 e. The summed E-state index contributed by atoms with van der Waals surface area (Å²) in [6.45, 7) is -0.869. The standard InChI is InChI=1S/C3H7N3O4/c4-3(8)5(1-2-7)6(9)10/h7H,1-2H2,(H2,4,8). The Kier molecular flexibility index (Phi) is 3.12. The zero-order valence-corrected chi connectivity index (χ0v) is 5.06. The van der Waals surface area contributed by atoms with E-state index in [0.717, 1.165) is 0 Å². The first kappa shape index (κ1) is 8.63. The quantitative estimate of drug-likeness (QED) is 0.377. The van der Waals surface area contributed by atoms with Crippen LogP contribution in [0.4, 0.5) is 4.79 Å². The number of rotatable bonds is 3. The topological polar surface area (TPSA) is 110 Å². The van der Waals surface area contributed by atoms with E-state index in [1.165, 1.54) is 0 Å². The van der Waals surface area contributed by atoms with Gasteiger partial charge in [-0.15, -0.1) is 0 Å². The number of primary amides is 1. The molecule has 2 amide bonds. The van der Waals surface area contributed by atoms with Crippen molar-refractivity contribution in [2.75, 3.05) is 13.2 Å². The summed E-state index contributed by atoms with van der Waals surface area (Å²) in [7, 11) is 0. The summed E-state index contributed by atoms with van der Waals surface area (Å²) in [5.41, 5.74) is 4.56. The van der Waals surface area contributed by atoms with Crippen LogP contribution in [-0.2, 0) is 0 Å².